The quantitative estimate of drug-likeness (QED) is 0.734. The van der Waals surface area contributed by atoms with E-state index >= 15 is 0 Å². The highest BCUT2D eigenvalue weighted by molar-refractivity contribution is 5.85. The van der Waals surface area contributed by atoms with E-state index in [4.69, 9.17) is 9.47 Å². The Kier molecular flexibility index (Phi) is 6.61. The fraction of sp³-hybridized carbons (Fsp3) is 0.368. The number of aromatic nitrogens is 2. The average molecular weight is 385 g/mol. The van der Waals surface area contributed by atoms with Gasteiger partial charge in [-0.3, -0.25) is 9.59 Å². The van der Waals surface area contributed by atoms with Crippen LogP contribution in [0.5, 0.6) is 11.5 Å². The number of anilines is 1. The normalized spacial score (nSPS) is 13.8. The lowest BCUT2D eigenvalue weighted by atomic mass is 10.3. The van der Waals surface area contributed by atoms with Crippen molar-refractivity contribution in [3.8, 4) is 11.5 Å². The van der Waals surface area contributed by atoms with Crippen LogP contribution in [0, 0.1) is 0 Å². The lowest BCUT2D eigenvalue weighted by Gasteiger charge is -2.34. The molecular weight excluding hydrogens is 362 g/mol. The number of carbonyl (C=O) groups excluding carboxylic acids is 2. The van der Waals surface area contributed by atoms with Gasteiger partial charge in [-0.25, -0.2) is 9.97 Å². The summed E-state index contributed by atoms with van der Waals surface area (Å²) in [6.45, 7) is 2.18. The average Bonchev–Trinajstić information content (AvgIpc) is 2.77. The lowest BCUT2D eigenvalue weighted by molar-refractivity contribution is -0.133. The van der Waals surface area contributed by atoms with E-state index in [-0.39, 0.29) is 25.0 Å². The number of para-hydroxylation sites is 2. The first-order chi connectivity index (χ1) is 13.7. The smallest absolute Gasteiger partial charge is 0.258 e. The molecule has 0 atom stereocenters. The van der Waals surface area contributed by atoms with Crippen molar-refractivity contribution in [2.75, 3.05) is 51.3 Å². The van der Waals surface area contributed by atoms with Gasteiger partial charge in [0.05, 0.1) is 13.7 Å². The van der Waals surface area contributed by atoms with Crippen molar-refractivity contribution in [1.29, 1.82) is 0 Å². The molecule has 0 aliphatic carbocycles. The first-order valence-corrected chi connectivity index (χ1v) is 8.99. The molecule has 1 aliphatic rings. The van der Waals surface area contributed by atoms with Gasteiger partial charge in [0.15, 0.2) is 18.1 Å². The Bertz CT molecular complexity index is 794. The summed E-state index contributed by atoms with van der Waals surface area (Å²) in [7, 11) is 1.53. The van der Waals surface area contributed by atoms with Crippen LogP contribution in [0.3, 0.4) is 0 Å². The van der Waals surface area contributed by atoms with Crippen LogP contribution in [0.1, 0.15) is 0 Å². The molecule has 1 aromatic heterocycles. The molecule has 1 fully saturated rings. The van der Waals surface area contributed by atoms with Crippen LogP contribution < -0.4 is 19.7 Å². The van der Waals surface area contributed by atoms with Crippen LogP contribution in [-0.4, -0.2) is 73.1 Å². The Hall–Kier alpha value is -3.36. The number of hydrogen-bond acceptors (Lipinski definition) is 7. The zero-order chi connectivity index (χ0) is 19.8. The molecule has 9 nitrogen and oxygen atoms in total. The van der Waals surface area contributed by atoms with Crippen LogP contribution in [0.4, 0.5) is 5.95 Å². The van der Waals surface area contributed by atoms with Crippen molar-refractivity contribution < 1.29 is 19.1 Å². The van der Waals surface area contributed by atoms with Crippen LogP contribution in [0.15, 0.2) is 42.7 Å². The second-order valence-electron chi connectivity index (χ2n) is 6.13. The minimum Gasteiger partial charge on any atom is -0.493 e. The van der Waals surface area contributed by atoms with Gasteiger partial charge in [0.1, 0.15) is 0 Å². The molecule has 2 aromatic rings. The molecule has 1 aromatic carbocycles. The molecule has 1 saturated heterocycles. The van der Waals surface area contributed by atoms with Crippen LogP contribution in [0.2, 0.25) is 0 Å². The van der Waals surface area contributed by atoms with Crippen molar-refractivity contribution in [1.82, 2.24) is 20.2 Å². The van der Waals surface area contributed by atoms with Crippen LogP contribution in [0.25, 0.3) is 0 Å². The molecule has 3 rings (SSSR count). The third-order valence-electron chi connectivity index (χ3n) is 4.33. The molecule has 9 heteroatoms. The highest BCUT2D eigenvalue weighted by Gasteiger charge is 2.22. The molecule has 0 bridgehead atoms. The lowest BCUT2D eigenvalue weighted by Crippen LogP contribution is -2.51. The fourth-order valence-corrected chi connectivity index (χ4v) is 2.83. The van der Waals surface area contributed by atoms with Gasteiger partial charge in [0, 0.05) is 38.6 Å². The van der Waals surface area contributed by atoms with Gasteiger partial charge in [-0.15, -0.1) is 0 Å². The van der Waals surface area contributed by atoms with E-state index in [9.17, 15) is 9.59 Å². The summed E-state index contributed by atoms with van der Waals surface area (Å²) >= 11 is 0. The highest BCUT2D eigenvalue weighted by Crippen LogP contribution is 2.25. The van der Waals surface area contributed by atoms with E-state index < -0.39 is 0 Å². The molecule has 148 valence electrons. The number of nitrogens with zero attached hydrogens (tertiary/aromatic N) is 4. The first-order valence-electron chi connectivity index (χ1n) is 8.99. The topological polar surface area (TPSA) is 96.9 Å². The van der Waals surface area contributed by atoms with Gasteiger partial charge in [-0.2, -0.15) is 0 Å². The molecule has 1 aliphatic heterocycles. The molecular formula is C19H23N5O4. The summed E-state index contributed by atoms with van der Waals surface area (Å²) in [5.74, 6) is 1.20. The van der Waals surface area contributed by atoms with Gasteiger partial charge in [0.25, 0.3) is 5.91 Å². The van der Waals surface area contributed by atoms with E-state index in [0.717, 1.165) is 0 Å². The zero-order valence-corrected chi connectivity index (χ0v) is 15.7. The van der Waals surface area contributed by atoms with Crippen molar-refractivity contribution in [3.63, 3.8) is 0 Å². The molecule has 28 heavy (non-hydrogen) atoms. The molecule has 0 unspecified atom stereocenters. The number of piperazine rings is 1. The zero-order valence-electron chi connectivity index (χ0n) is 15.7. The summed E-state index contributed by atoms with van der Waals surface area (Å²) < 4.78 is 10.6. The predicted molar refractivity (Wildman–Crippen MR) is 102 cm³/mol. The summed E-state index contributed by atoms with van der Waals surface area (Å²) in [5, 5.41) is 2.60. The number of amides is 2. The molecule has 0 radical (unpaired) electrons. The largest absolute Gasteiger partial charge is 0.493 e. The third-order valence-corrected chi connectivity index (χ3v) is 4.33. The van der Waals surface area contributed by atoms with Gasteiger partial charge in [-0.05, 0) is 18.2 Å². The highest BCUT2D eigenvalue weighted by atomic mass is 16.5. The number of methoxy groups -OCH3 is 1. The first kappa shape index (κ1) is 19.4. The van der Waals surface area contributed by atoms with Gasteiger partial charge >= 0.3 is 0 Å². The molecule has 2 heterocycles. The maximum Gasteiger partial charge on any atom is 0.258 e. The Morgan fingerprint density at radius 1 is 1.04 bits per heavy atom. The standard InChI is InChI=1S/C19H23N5O4/c1-27-15-5-2-3-6-16(15)28-14-17(25)22-13-18(26)23-9-11-24(12-10-23)19-20-7-4-8-21-19/h2-8H,9-14H2,1H3,(H,22,25). The van der Waals surface area contributed by atoms with Crippen molar-refractivity contribution in [3.05, 3.63) is 42.7 Å². The summed E-state index contributed by atoms with van der Waals surface area (Å²) in [5.41, 5.74) is 0. The Morgan fingerprint density at radius 2 is 1.71 bits per heavy atom. The van der Waals surface area contributed by atoms with Crippen molar-refractivity contribution in [2.45, 2.75) is 0 Å². The monoisotopic (exact) mass is 385 g/mol. The van der Waals surface area contributed by atoms with Crippen molar-refractivity contribution >= 4 is 17.8 Å². The van der Waals surface area contributed by atoms with E-state index in [1.165, 1.54) is 7.11 Å². The van der Waals surface area contributed by atoms with E-state index in [1.54, 1.807) is 41.6 Å². The number of ether oxygens (including phenoxy) is 2. The minimum atomic E-state index is -0.365. The van der Waals surface area contributed by atoms with E-state index in [1.807, 2.05) is 11.0 Å². The summed E-state index contributed by atoms with van der Waals surface area (Å²) in [6.07, 6.45) is 3.39. The van der Waals surface area contributed by atoms with Gasteiger partial charge in [-0.1, -0.05) is 12.1 Å². The van der Waals surface area contributed by atoms with Crippen molar-refractivity contribution in [2.24, 2.45) is 0 Å². The van der Waals surface area contributed by atoms with E-state index in [2.05, 4.69) is 15.3 Å². The number of nitrogens with one attached hydrogen (secondary N) is 1. The number of benzene rings is 1. The second kappa shape index (κ2) is 9.54. The summed E-state index contributed by atoms with van der Waals surface area (Å²) in [6, 6.07) is 8.83. The fourth-order valence-electron chi connectivity index (χ4n) is 2.83. The Morgan fingerprint density at radius 3 is 2.39 bits per heavy atom. The number of carbonyl (C=O) groups is 2. The number of hydrogen-bond donors (Lipinski definition) is 1. The van der Waals surface area contributed by atoms with Gasteiger partial charge in [0.2, 0.25) is 11.9 Å². The second-order valence-corrected chi connectivity index (χ2v) is 6.13. The molecule has 0 saturated carbocycles. The predicted octanol–water partition coefficient (Wildman–Crippen LogP) is 0.329. The Labute approximate surface area is 163 Å². The minimum absolute atomic E-state index is 0.0596. The maximum absolute atomic E-state index is 12.3. The molecule has 0 spiro atoms. The number of rotatable bonds is 7. The molecule has 2 amide bonds. The maximum atomic E-state index is 12.3. The molecule has 1 N–H and O–H groups in total. The van der Waals surface area contributed by atoms with Gasteiger partial charge < -0.3 is 24.6 Å². The Balaban J connectivity index is 1.39. The third kappa shape index (κ3) is 5.09. The van der Waals surface area contributed by atoms with Crippen LogP contribution >= 0.6 is 0 Å². The van der Waals surface area contributed by atoms with Crippen LogP contribution in [-0.2, 0) is 9.59 Å². The summed E-state index contributed by atoms with van der Waals surface area (Å²) in [4.78, 5) is 36.5. The van der Waals surface area contributed by atoms with E-state index in [0.29, 0.717) is 43.6 Å². The SMILES string of the molecule is COc1ccccc1OCC(=O)NCC(=O)N1CCN(c2ncccn2)CC1.